The predicted molar refractivity (Wildman–Crippen MR) is 58.7 cm³/mol. The zero-order chi connectivity index (χ0) is 8.97. The molecular weight excluding hydrogens is 212 g/mol. The molecule has 0 aromatic carbocycles. The van der Waals surface area contributed by atoms with Crippen LogP contribution in [-0.4, -0.2) is 4.83 Å². The molecule has 0 heterocycles. The number of halogens is 1. The van der Waals surface area contributed by atoms with E-state index in [1.54, 1.807) is 0 Å². The summed E-state index contributed by atoms with van der Waals surface area (Å²) in [6, 6.07) is 0. The lowest BCUT2D eigenvalue weighted by Crippen LogP contribution is -2.25. The first kappa shape index (κ1) is 10.6. The van der Waals surface area contributed by atoms with E-state index in [4.69, 9.17) is 0 Å². The Morgan fingerprint density at radius 2 is 2.00 bits per heavy atom. The fraction of sp³-hybridized carbons (Fsp3) is 1.00. The van der Waals surface area contributed by atoms with Crippen LogP contribution in [0.15, 0.2) is 0 Å². The Morgan fingerprint density at radius 1 is 1.33 bits per heavy atom. The van der Waals surface area contributed by atoms with Crippen molar-refractivity contribution < 1.29 is 0 Å². The maximum Gasteiger partial charge on any atom is 0.0176 e. The van der Waals surface area contributed by atoms with Gasteiger partial charge in [-0.05, 0) is 24.7 Å². The van der Waals surface area contributed by atoms with E-state index < -0.39 is 0 Å². The van der Waals surface area contributed by atoms with Crippen molar-refractivity contribution in [2.45, 2.75) is 57.2 Å². The summed E-state index contributed by atoms with van der Waals surface area (Å²) >= 11 is 3.84. The van der Waals surface area contributed by atoms with Crippen molar-refractivity contribution in [2.24, 2.45) is 11.8 Å². The fourth-order valence-electron chi connectivity index (χ4n) is 2.37. The molecule has 3 atom stereocenters. The standard InChI is InChI=1S/C11H21Br/c1-3-6-11(12)10-8-5-4-7-9(10)2/h9-11H,3-8H2,1-2H3. The summed E-state index contributed by atoms with van der Waals surface area (Å²) in [6.45, 7) is 4.70. The van der Waals surface area contributed by atoms with Gasteiger partial charge in [-0.3, -0.25) is 0 Å². The highest BCUT2D eigenvalue weighted by molar-refractivity contribution is 9.09. The van der Waals surface area contributed by atoms with Gasteiger partial charge in [0.05, 0.1) is 0 Å². The minimum atomic E-state index is 0.790. The molecule has 1 aliphatic rings. The number of alkyl halides is 1. The van der Waals surface area contributed by atoms with Crippen LogP contribution in [0, 0.1) is 11.8 Å². The number of rotatable bonds is 3. The zero-order valence-corrected chi connectivity index (χ0v) is 9.94. The summed E-state index contributed by atoms with van der Waals surface area (Å²) in [6.07, 6.45) is 8.51. The quantitative estimate of drug-likeness (QED) is 0.634. The molecule has 0 nitrogen and oxygen atoms in total. The molecule has 0 N–H and O–H groups in total. The molecule has 0 bridgehead atoms. The second-order valence-electron chi connectivity index (χ2n) is 4.23. The van der Waals surface area contributed by atoms with Gasteiger partial charge in [0, 0.05) is 4.83 Å². The van der Waals surface area contributed by atoms with Crippen molar-refractivity contribution in [3.8, 4) is 0 Å². The fourth-order valence-corrected chi connectivity index (χ4v) is 3.62. The Balaban J connectivity index is 2.36. The molecule has 12 heavy (non-hydrogen) atoms. The molecule has 1 aliphatic carbocycles. The van der Waals surface area contributed by atoms with Gasteiger partial charge in [0.1, 0.15) is 0 Å². The minimum Gasteiger partial charge on any atom is -0.0888 e. The van der Waals surface area contributed by atoms with Gasteiger partial charge in [-0.15, -0.1) is 0 Å². The highest BCUT2D eigenvalue weighted by Crippen LogP contribution is 2.36. The van der Waals surface area contributed by atoms with Crippen LogP contribution >= 0.6 is 15.9 Å². The maximum atomic E-state index is 3.84. The molecule has 0 aliphatic heterocycles. The summed E-state index contributed by atoms with van der Waals surface area (Å²) in [5.41, 5.74) is 0. The molecule has 0 saturated heterocycles. The Morgan fingerprint density at radius 3 is 2.58 bits per heavy atom. The van der Waals surface area contributed by atoms with Crippen LogP contribution in [0.4, 0.5) is 0 Å². The van der Waals surface area contributed by atoms with Crippen molar-refractivity contribution in [2.75, 3.05) is 0 Å². The van der Waals surface area contributed by atoms with E-state index in [0.717, 1.165) is 16.7 Å². The lowest BCUT2D eigenvalue weighted by molar-refractivity contribution is 0.247. The predicted octanol–water partition coefficient (Wildman–Crippen LogP) is 4.38. The third kappa shape index (κ3) is 2.76. The van der Waals surface area contributed by atoms with Crippen molar-refractivity contribution in [3.05, 3.63) is 0 Å². The van der Waals surface area contributed by atoms with Gasteiger partial charge >= 0.3 is 0 Å². The van der Waals surface area contributed by atoms with E-state index in [-0.39, 0.29) is 0 Å². The van der Waals surface area contributed by atoms with Gasteiger partial charge in [0.15, 0.2) is 0 Å². The van der Waals surface area contributed by atoms with Gasteiger partial charge in [-0.2, -0.15) is 0 Å². The van der Waals surface area contributed by atoms with Crippen molar-refractivity contribution in [1.29, 1.82) is 0 Å². The molecule has 0 amide bonds. The third-order valence-electron chi connectivity index (χ3n) is 3.21. The van der Waals surface area contributed by atoms with Crippen LogP contribution in [0.25, 0.3) is 0 Å². The first-order valence-corrected chi connectivity index (χ1v) is 6.31. The molecule has 1 fully saturated rings. The van der Waals surface area contributed by atoms with Gasteiger partial charge < -0.3 is 0 Å². The second-order valence-corrected chi connectivity index (χ2v) is 5.41. The molecule has 1 saturated carbocycles. The van der Waals surface area contributed by atoms with E-state index in [1.165, 1.54) is 38.5 Å². The Kier molecular flexibility index (Phi) is 4.63. The average Bonchev–Trinajstić information content (AvgIpc) is 2.05. The second kappa shape index (κ2) is 5.26. The van der Waals surface area contributed by atoms with Gasteiger partial charge in [0.2, 0.25) is 0 Å². The topological polar surface area (TPSA) is 0 Å². The van der Waals surface area contributed by atoms with Gasteiger partial charge in [-0.25, -0.2) is 0 Å². The Labute approximate surface area is 85.3 Å². The smallest absolute Gasteiger partial charge is 0.0176 e. The lowest BCUT2D eigenvalue weighted by Gasteiger charge is -2.32. The number of hydrogen-bond donors (Lipinski definition) is 0. The minimum absolute atomic E-state index is 0.790. The summed E-state index contributed by atoms with van der Waals surface area (Å²) in [5.74, 6) is 1.91. The van der Waals surface area contributed by atoms with E-state index in [1.807, 2.05) is 0 Å². The molecule has 0 spiro atoms. The summed E-state index contributed by atoms with van der Waals surface area (Å²) in [7, 11) is 0. The van der Waals surface area contributed by atoms with Crippen LogP contribution in [0.5, 0.6) is 0 Å². The molecule has 72 valence electrons. The first-order chi connectivity index (χ1) is 5.75. The molecule has 0 radical (unpaired) electrons. The van der Waals surface area contributed by atoms with Gasteiger partial charge in [0.25, 0.3) is 0 Å². The van der Waals surface area contributed by atoms with E-state index in [9.17, 15) is 0 Å². The van der Waals surface area contributed by atoms with Crippen LogP contribution in [-0.2, 0) is 0 Å². The lowest BCUT2D eigenvalue weighted by atomic mass is 9.78. The normalized spacial score (nSPS) is 33.2. The number of hydrogen-bond acceptors (Lipinski definition) is 0. The SMILES string of the molecule is CCCC(Br)C1CCCCC1C. The van der Waals surface area contributed by atoms with E-state index in [0.29, 0.717) is 0 Å². The molecule has 1 rings (SSSR count). The van der Waals surface area contributed by atoms with Crippen LogP contribution in [0.2, 0.25) is 0 Å². The first-order valence-electron chi connectivity index (χ1n) is 5.39. The van der Waals surface area contributed by atoms with Crippen molar-refractivity contribution in [3.63, 3.8) is 0 Å². The molecule has 1 heteroatoms. The third-order valence-corrected chi connectivity index (χ3v) is 4.34. The van der Waals surface area contributed by atoms with Crippen molar-refractivity contribution in [1.82, 2.24) is 0 Å². The highest BCUT2D eigenvalue weighted by atomic mass is 79.9. The average molecular weight is 233 g/mol. The largest absolute Gasteiger partial charge is 0.0888 e. The highest BCUT2D eigenvalue weighted by Gasteiger charge is 2.26. The molecule has 0 aromatic heterocycles. The van der Waals surface area contributed by atoms with Crippen LogP contribution in [0.3, 0.4) is 0 Å². The van der Waals surface area contributed by atoms with Gasteiger partial charge in [-0.1, -0.05) is 55.5 Å². The van der Waals surface area contributed by atoms with Crippen LogP contribution < -0.4 is 0 Å². The monoisotopic (exact) mass is 232 g/mol. The van der Waals surface area contributed by atoms with Crippen molar-refractivity contribution >= 4 is 15.9 Å². The summed E-state index contributed by atoms with van der Waals surface area (Å²) < 4.78 is 0. The Bertz CT molecular complexity index is 122. The van der Waals surface area contributed by atoms with E-state index >= 15 is 0 Å². The van der Waals surface area contributed by atoms with E-state index in [2.05, 4.69) is 29.8 Å². The molecule has 3 unspecified atom stereocenters. The zero-order valence-electron chi connectivity index (χ0n) is 8.35. The summed E-state index contributed by atoms with van der Waals surface area (Å²) in [5, 5.41) is 0. The molecule has 0 aromatic rings. The molecular formula is C11H21Br. The Hall–Kier alpha value is 0.480. The maximum absolute atomic E-state index is 3.84. The van der Waals surface area contributed by atoms with Crippen LogP contribution in [0.1, 0.15) is 52.4 Å². The summed E-state index contributed by atoms with van der Waals surface area (Å²) in [4.78, 5) is 0.790.